The highest BCUT2D eigenvalue weighted by Crippen LogP contribution is 2.52. The number of ketones is 1. The van der Waals surface area contributed by atoms with E-state index in [1.807, 2.05) is 20.8 Å². The fourth-order valence-corrected chi connectivity index (χ4v) is 4.48. The van der Waals surface area contributed by atoms with Crippen molar-refractivity contribution in [1.29, 1.82) is 0 Å². The lowest BCUT2D eigenvalue weighted by atomic mass is 9.55. The molecule has 4 atom stereocenters. The van der Waals surface area contributed by atoms with E-state index < -0.39 is 6.04 Å². The number of hydrogen-bond donors (Lipinski definition) is 0. The summed E-state index contributed by atoms with van der Waals surface area (Å²) in [5, 5.41) is 0. The van der Waals surface area contributed by atoms with Crippen LogP contribution in [0.3, 0.4) is 0 Å². The van der Waals surface area contributed by atoms with Crippen molar-refractivity contribution >= 4 is 5.78 Å². The Morgan fingerprint density at radius 3 is 2.83 bits per heavy atom. The Morgan fingerprint density at radius 1 is 1.43 bits per heavy atom. The number of ether oxygens (including phenoxy) is 1. The largest absolute Gasteiger partial charge is 0.478 e. The summed E-state index contributed by atoms with van der Waals surface area (Å²) in [5.74, 6) is 1.62. The summed E-state index contributed by atoms with van der Waals surface area (Å²) in [5.41, 5.74) is 1.81. The molecular weight excluding hydrogens is 290 g/mol. The first-order chi connectivity index (χ1) is 10.9. The van der Waals surface area contributed by atoms with Crippen molar-refractivity contribution in [3.05, 3.63) is 28.5 Å². The number of carbonyl (C=O) groups excluding carboxylic acids is 1. The first-order valence-corrected chi connectivity index (χ1v) is 8.33. The third-order valence-corrected chi connectivity index (χ3v) is 5.58. The smallest absolute Gasteiger partial charge is 0.282 e. The Bertz CT molecular complexity index is 694. The van der Waals surface area contributed by atoms with Crippen molar-refractivity contribution in [2.24, 2.45) is 11.8 Å². The fraction of sp³-hybridized carbons (Fsp3) is 0.667. The molecule has 122 valence electrons. The normalized spacial score (nSPS) is 32.7. The summed E-state index contributed by atoms with van der Waals surface area (Å²) in [6, 6.07) is -0.553. The van der Waals surface area contributed by atoms with E-state index in [0.29, 0.717) is 24.7 Å². The Morgan fingerprint density at radius 2 is 2.17 bits per heavy atom. The molecule has 0 radical (unpaired) electrons. The average molecular weight is 313 g/mol. The van der Waals surface area contributed by atoms with Crippen LogP contribution in [0.5, 0.6) is 5.88 Å². The first kappa shape index (κ1) is 15.9. The van der Waals surface area contributed by atoms with Gasteiger partial charge in [-0.25, -0.2) is 11.6 Å². The van der Waals surface area contributed by atoms with Crippen molar-refractivity contribution < 1.29 is 9.53 Å². The van der Waals surface area contributed by atoms with Crippen LogP contribution in [0.1, 0.15) is 50.7 Å². The molecule has 1 saturated carbocycles. The lowest BCUT2D eigenvalue weighted by Crippen LogP contribution is -2.52. The predicted molar refractivity (Wildman–Crippen MR) is 86.3 cm³/mol. The van der Waals surface area contributed by atoms with Crippen LogP contribution in [0, 0.1) is 25.3 Å². The number of fused-ring (bicyclic) bond motifs is 3. The summed E-state index contributed by atoms with van der Waals surface area (Å²) in [6.45, 7) is 15.9. The molecule has 5 heteroatoms. The van der Waals surface area contributed by atoms with E-state index in [4.69, 9.17) is 16.3 Å². The van der Waals surface area contributed by atoms with Crippen molar-refractivity contribution in [2.75, 3.05) is 6.61 Å². The molecule has 0 aliphatic heterocycles. The number of Topliss-reactive ketones (excluding diaryl/α,β-unsaturated/α-hetero) is 1. The molecule has 5 nitrogen and oxygen atoms in total. The van der Waals surface area contributed by atoms with Gasteiger partial charge in [0, 0.05) is 23.3 Å². The molecule has 3 rings (SSSR count). The van der Waals surface area contributed by atoms with Crippen LogP contribution in [-0.4, -0.2) is 28.4 Å². The topological polar surface area (TPSA) is 56.4 Å². The number of rotatable bonds is 2. The first-order valence-electron chi connectivity index (χ1n) is 8.33. The van der Waals surface area contributed by atoms with Gasteiger partial charge in [0.2, 0.25) is 11.7 Å². The lowest BCUT2D eigenvalue weighted by Gasteiger charge is -2.47. The maximum absolute atomic E-state index is 12.4. The van der Waals surface area contributed by atoms with Gasteiger partial charge < -0.3 is 9.58 Å². The van der Waals surface area contributed by atoms with Crippen LogP contribution in [-0.2, 0) is 16.6 Å². The summed E-state index contributed by atoms with van der Waals surface area (Å²) >= 11 is 0. The molecule has 1 fully saturated rings. The van der Waals surface area contributed by atoms with Crippen LogP contribution < -0.4 is 4.74 Å². The maximum atomic E-state index is 12.4. The second-order valence-electron chi connectivity index (χ2n) is 6.94. The molecule has 0 N–H and O–H groups in total. The summed E-state index contributed by atoms with van der Waals surface area (Å²) < 4.78 is 5.73. The molecule has 2 aliphatic carbocycles. The van der Waals surface area contributed by atoms with E-state index in [0.717, 1.165) is 24.1 Å². The number of aromatic nitrogens is 2. The van der Waals surface area contributed by atoms with Crippen molar-refractivity contribution in [3.8, 4) is 5.88 Å². The fourth-order valence-electron chi connectivity index (χ4n) is 4.48. The van der Waals surface area contributed by atoms with E-state index in [2.05, 4.69) is 16.8 Å². The van der Waals surface area contributed by atoms with Gasteiger partial charge in [-0.1, -0.05) is 13.8 Å². The quantitative estimate of drug-likeness (QED) is 0.788. The predicted octanol–water partition coefficient (Wildman–Crippen LogP) is 2.90. The second kappa shape index (κ2) is 5.59. The van der Waals surface area contributed by atoms with Gasteiger partial charge >= 0.3 is 0 Å². The van der Waals surface area contributed by atoms with E-state index in [9.17, 15) is 4.79 Å². The van der Waals surface area contributed by atoms with Gasteiger partial charge in [-0.15, -0.1) is 0 Å². The monoisotopic (exact) mass is 313 g/mol. The Hall–Kier alpha value is -1.96. The molecule has 0 aromatic carbocycles. The van der Waals surface area contributed by atoms with Gasteiger partial charge in [0.1, 0.15) is 5.82 Å². The van der Waals surface area contributed by atoms with Crippen LogP contribution in [0.15, 0.2) is 0 Å². The Balaban J connectivity index is 2.15. The molecule has 0 amide bonds. The van der Waals surface area contributed by atoms with Crippen LogP contribution in [0.25, 0.3) is 4.85 Å². The summed E-state index contributed by atoms with van der Waals surface area (Å²) in [7, 11) is 0. The molecule has 1 heterocycles. The summed E-state index contributed by atoms with van der Waals surface area (Å²) in [4.78, 5) is 25.2. The molecule has 0 spiro atoms. The minimum Gasteiger partial charge on any atom is -0.478 e. The molecule has 0 saturated heterocycles. The van der Waals surface area contributed by atoms with E-state index >= 15 is 0 Å². The second-order valence-corrected chi connectivity index (χ2v) is 6.94. The van der Waals surface area contributed by atoms with Crippen molar-refractivity contribution in [1.82, 2.24) is 9.97 Å². The maximum Gasteiger partial charge on any atom is 0.282 e. The zero-order valence-corrected chi connectivity index (χ0v) is 14.2. The van der Waals surface area contributed by atoms with Gasteiger partial charge in [0.25, 0.3) is 6.04 Å². The number of carbonyl (C=O) groups is 1. The molecular formula is C18H23N3O2. The highest BCUT2D eigenvalue weighted by molar-refractivity contribution is 5.89. The molecule has 23 heavy (non-hydrogen) atoms. The Kier molecular flexibility index (Phi) is 3.87. The summed E-state index contributed by atoms with van der Waals surface area (Å²) in [6.07, 6.45) is 2.32. The zero-order valence-electron chi connectivity index (χ0n) is 14.2. The SMILES string of the molecule is [C-]#[N+]C1C[C@]2(C)c3nc(C)nc(OCC)c3CC[C@H]2[C@H](C)C1=O. The van der Waals surface area contributed by atoms with Crippen LogP contribution >= 0.6 is 0 Å². The van der Waals surface area contributed by atoms with Gasteiger partial charge in [0.05, 0.1) is 12.3 Å². The van der Waals surface area contributed by atoms with Gasteiger partial charge in [0.15, 0.2) is 0 Å². The third kappa shape index (κ3) is 2.32. The highest BCUT2D eigenvalue weighted by Gasteiger charge is 2.55. The molecule has 1 unspecified atom stereocenters. The van der Waals surface area contributed by atoms with E-state index in [1.165, 1.54) is 0 Å². The van der Waals surface area contributed by atoms with Crippen molar-refractivity contribution in [3.63, 3.8) is 0 Å². The van der Waals surface area contributed by atoms with Gasteiger partial charge in [-0.05, 0) is 32.6 Å². The Labute approximate surface area is 137 Å². The van der Waals surface area contributed by atoms with E-state index in [-0.39, 0.29) is 23.0 Å². The van der Waals surface area contributed by atoms with Gasteiger partial charge in [-0.3, -0.25) is 4.79 Å². The zero-order chi connectivity index (χ0) is 16.8. The molecule has 1 aromatic heterocycles. The number of hydrogen-bond acceptors (Lipinski definition) is 4. The molecule has 2 aliphatic rings. The lowest BCUT2D eigenvalue weighted by molar-refractivity contribution is -0.129. The van der Waals surface area contributed by atoms with Gasteiger partial charge in [-0.2, -0.15) is 4.98 Å². The minimum atomic E-state index is -0.553. The number of aryl methyl sites for hydroxylation is 1. The third-order valence-electron chi connectivity index (χ3n) is 5.58. The van der Waals surface area contributed by atoms with Crippen LogP contribution in [0.2, 0.25) is 0 Å². The van der Waals surface area contributed by atoms with E-state index in [1.54, 1.807) is 0 Å². The molecule has 1 aromatic rings. The molecule has 0 bridgehead atoms. The average Bonchev–Trinajstić information content (AvgIpc) is 2.52. The van der Waals surface area contributed by atoms with Crippen LogP contribution in [0.4, 0.5) is 0 Å². The highest BCUT2D eigenvalue weighted by atomic mass is 16.5. The minimum absolute atomic E-state index is 0.0909. The number of nitrogens with zero attached hydrogens (tertiary/aromatic N) is 3. The standard InChI is InChI=1S/C18H23N3O2/c1-6-23-17-12-7-8-13-10(2)15(22)14(19-5)9-18(13,4)16(12)20-11(3)21-17/h10,13-14H,6-9H2,1-4H3/t10-,13-,14?,18-/m0/s1. The van der Waals surface area contributed by atoms with Crippen molar-refractivity contribution in [2.45, 2.75) is 58.4 Å².